The number of hydrogen-bond donors (Lipinski definition) is 2. The summed E-state index contributed by atoms with van der Waals surface area (Å²) in [6.45, 7) is 3.08. The minimum atomic E-state index is -0.356. The molecule has 0 amide bonds. The summed E-state index contributed by atoms with van der Waals surface area (Å²) < 4.78 is 0. The molecule has 24 heavy (non-hydrogen) atoms. The third-order valence-corrected chi connectivity index (χ3v) is 5.09. The van der Waals surface area contributed by atoms with Crippen LogP contribution in [0.15, 0.2) is 29.3 Å². The molecule has 1 aliphatic rings. The smallest absolute Gasteiger partial charge is 0.274 e. The number of hydrogen-bond acceptors (Lipinski definition) is 4. The van der Waals surface area contributed by atoms with E-state index in [0.717, 1.165) is 25.3 Å². The predicted octanol–water partition coefficient (Wildman–Crippen LogP) is 3.55. The lowest BCUT2D eigenvalue weighted by molar-refractivity contribution is -0.385. The topological polar surface area (TPSA) is 79.6 Å². The van der Waals surface area contributed by atoms with Gasteiger partial charge in [0.05, 0.1) is 17.0 Å². The second-order valence-corrected chi connectivity index (χ2v) is 6.73. The highest BCUT2D eigenvalue weighted by atomic mass is 127. The number of para-hydroxylation sites is 1. The molecule has 1 fully saturated rings. The number of nitrogens with zero attached hydrogens (tertiary/aromatic N) is 2. The molecular formula is C16H25IN4O2S. The third-order valence-electron chi connectivity index (χ3n) is 4.00. The van der Waals surface area contributed by atoms with E-state index in [2.05, 4.69) is 21.9 Å². The van der Waals surface area contributed by atoms with E-state index in [9.17, 15) is 10.1 Å². The van der Waals surface area contributed by atoms with Gasteiger partial charge in [-0.1, -0.05) is 18.2 Å². The van der Waals surface area contributed by atoms with Gasteiger partial charge in [0.2, 0.25) is 0 Å². The van der Waals surface area contributed by atoms with Crippen molar-refractivity contribution in [2.75, 3.05) is 12.8 Å². The molecule has 1 aromatic carbocycles. The Morgan fingerprint density at radius 3 is 2.79 bits per heavy atom. The highest BCUT2D eigenvalue weighted by Crippen LogP contribution is 2.28. The van der Waals surface area contributed by atoms with Gasteiger partial charge in [0.1, 0.15) is 0 Å². The molecule has 0 heterocycles. The molecule has 0 radical (unpaired) electrons. The molecule has 0 aliphatic heterocycles. The molecule has 0 aromatic heterocycles. The van der Waals surface area contributed by atoms with Gasteiger partial charge in [0, 0.05) is 23.9 Å². The number of nitrogens with one attached hydrogen (secondary N) is 2. The molecule has 0 saturated heterocycles. The van der Waals surface area contributed by atoms with Crippen LogP contribution in [0.4, 0.5) is 5.69 Å². The van der Waals surface area contributed by atoms with E-state index >= 15 is 0 Å². The summed E-state index contributed by atoms with van der Waals surface area (Å²) in [4.78, 5) is 15.2. The van der Waals surface area contributed by atoms with Crippen LogP contribution in [-0.2, 0) is 6.54 Å². The SMILES string of the molecule is CCNC(=NCc1ccccc1[N+](=O)[O-])NC1CCC(SC)C1.I. The summed E-state index contributed by atoms with van der Waals surface area (Å²) in [5.74, 6) is 0.734. The van der Waals surface area contributed by atoms with Gasteiger partial charge >= 0.3 is 0 Å². The lowest BCUT2D eigenvalue weighted by Crippen LogP contribution is -2.42. The van der Waals surface area contributed by atoms with Gasteiger partial charge in [-0.3, -0.25) is 10.1 Å². The molecule has 1 saturated carbocycles. The number of guanidine groups is 1. The summed E-state index contributed by atoms with van der Waals surface area (Å²) >= 11 is 1.92. The average Bonchev–Trinajstić information content (AvgIpc) is 3.00. The molecule has 1 aromatic rings. The number of nitro benzene ring substituents is 1. The number of halogens is 1. The van der Waals surface area contributed by atoms with Crippen LogP contribution < -0.4 is 10.6 Å². The lowest BCUT2D eigenvalue weighted by atomic mass is 10.2. The summed E-state index contributed by atoms with van der Waals surface area (Å²) in [5.41, 5.74) is 0.749. The van der Waals surface area contributed by atoms with E-state index in [0.29, 0.717) is 23.4 Å². The average molecular weight is 464 g/mol. The number of aliphatic imine (C=N–C) groups is 1. The third kappa shape index (κ3) is 6.12. The normalized spacial score (nSPS) is 20.3. The fraction of sp³-hybridized carbons (Fsp3) is 0.562. The number of nitro groups is 1. The molecule has 2 atom stereocenters. The minimum Gasteiger partial charge on any atom is -0.357 e. The van der Waals surface area contributed by atoms with Crippen molar-refractivity contribution in [1.29, 1.82) is 0 Å². The van der Waals surface area contributed by atoms with Crippen molar-refractivity contribution >= 4 is 47.4 Å². The number of rotatable bonds is 6. The van der Waals surface area contributed by atoms with Crippen molar-refractivity contribution in [3.05, 3.63) is 39.9 Å². The largest absolute Gasteiger partial charge is 0.357 e. The van der Waals surface area contributed by atoms with Crippen molar-refractivity contribution < 1.29 is 4.92 Å². The maximum atomic E-state index is 11.1. The zero-order valence-electron chi connectivity index (χ0n) is 14.0. The summed E-state index contributed by atoms with van der Waals surface area (Å²) in [6.07, 6.45) is 5.65. The van der Waals surface area contributed by atoms with E-state index in [1.807, 2.05) is 18.7 Å². The second-order valence-electron chi connectivity index (χ2n) is 5.59. The Bertz CT molecular complexity index is 571. The van der Waals surface area contributed by atoms with Crippen molar-refractivity contribution in [2.24, 2.45) is 4.99 Å². The maximum Gasteiger partial charge on any atom is 0.274 e. The van der Waals surface area contributed by atoms with Crippen molar-refractivity contribution in [3.63, 3.8) is 0 Å². The molecule has 6 nitrogen and oxygen atoms in total. The second kappa shape index (κ2) is 10.8. The number of benzene rings is 1. The number of thioether (sulfide) groups is 1. The molecule has 2 N–H and O–H groups in total. The van der Waals surface area contributed by atoms with Crippen LogP contribution >= 0.6 is 35.7 Å². The quantitative estimate of drug-likeness (QED) is 0.221. The standard InChI is InChI=1S/C16H24N4O2S.HI/c1-3-17-16(19-13-8-9-14(10-13)23-2)18-11-12-6-4-5-7-15(12)20(21)22;/h4-7,13-14H,3,8-11H2,1-2H3,(H2,17,18,19);1H. The van der Waals surface area contributed by atoms with Crippen LogP contribution in [0.3, 0.4) is 0 Å². The highest BCUT2D eigenvalue weighted by molar-refractivity contribution is 14.0. The molecule has 2 rings (SSSR count). The molecule has 2 unspecified atom stereocenters. The Morgan fingerprint density at radius 2 is 2.17 bits per heavy atom. The Morgan fingerprint density at radius 1 is 1.42 bits per heavy atom. The van der Waals surface area contributed by atoms with Crippen LogP contribution in [0.5, 0.6) is 0 Å². The van der Waals surface area contributed by atoms with Crippen LogP contribution in [-0.4, -0.2) is 35.0 Å². The van der Waals surface area contributed by atoms with Gasteiger partial charge in [-0.2, -0.15) is 11.8 Å². The first-order chi connectivity index (χ1) is 11.1. The van der Waals surface area contributed by atoms with Gasteiger partial charge in [-0.25, -0.2) is 4.99 Å². The van der Waals surface area contributed by atoms with E-state index in [-0.39, 0.29) is 34.6 Å². The van der Waals surface area contributed by atoms with Crippen LogP contribution in [0.1, 0.15) is 31.7 Å². The first kappa shape index (κ1) is 21.0. The molecule has 0 bridgehead atoms. The fourth-order valence-electron chi connectivity index (χ4n) is 2.79. The first-order valence-corrected chi connectivity index (χ1v) is 9.22. The molecule has 1 aliphatic carbocycles. The van der Waals surface area contributed by atoms with Gasteiger partial charge in [0.25, 0.3) is 5.69 Å². The monoisotopic (exact) mass is 464 g/mol. The maximum absolute atomic E-state index is 11.1. The molecule has 0 spiro atoms. The molecular weight excluding hydrogens is 439 g/mol. The van der Waals surface area contributed by atoms with E-state index < -0.39 is 0 Å². The van der Waals surface area contributed by atoms with Crippen LogP contribution in [0.2, 0.25) is 0 Å². The van der Waals surface area contributed by atoms with Gasteiger partial charge < -0.3 is 10.6 Å². The Hall–Kier alpha value is -1.03. The van der Waals surface area contributed by atoms with E-state index in [4.69, 9.17) is 0 Å². The molecule has 134 valence electrons. The van der Waals surface area contributed by atoms with Crippen molar-refractivity contribution in [1.82, 2.24) is 10.6 Å². The Balaban J connectivity index is 0.00000288. The minimum absolute atomic E-state index is 0. The zero-order valence-corrected chi connectivity index (χ0v) is 17.2. The first-order valence-electron chi connectivity index (χ1n) is 7.94. The fourth-order valence-corrected chi connectivity index (χ4v) is 3.58. The highest BCUT2D eigenvalue weighted by Gasteiger charge is 2.24. The Kier molecular flexibility index (Phi) is 9.42. The van der Waals surface area contributed by atoms with E-state index in [1.54, 1.807) is 18.2 Å². The van der Waals surface area contributed by atoms with Crippen molar-refractivity contribution in [3.8, 4) is 0 Å². The van der Waals surface area contributed by atoms with Gasteiger partial charge in [-0.15, -0.1) is 24.0 Å². The summed E-state index contributed by atoms with van der Waals surface area (Å²) in [6, 6.07) is 7.18. The lowest BCUT2D eigenvalue weighted by Gasteiger charge is -2.17. The molecule has 8 heteroatoms. The predicted molar refractivity (Wildman–Crippen MR) is 111 cm³/mol. The van der Waals surface area contributed by atoms with Crippen LogP contribution in [0, 0.1) is 10.1 Å². The van der Waals surface area contributed by atoms with Crippen molar-refractivity contribution in [2.45, 2.75) is 44.0 Å². The van der Waals surface area contributed by atoms with Gasteiger partial charge in [0.15, 0.2) is 5.96 Å². The van der Waals surface area contributed by atoms with Gasteiger partial charge in [-0.05, 0) is 32.4 Å². The Labute approximate surface area is 164 Å². The zero-order chi connectivity index (χ0) is 16.7. The van der Waals surface area contributed by atoms with E-state index in [1.165, 1.54) is 12.5 Å². The summed E-state index contributed by atoms with van der Waals surface area (Å²) in [7, 11) is 0. The summed E-state index contributed by atoms with van der Waals surface area (Å²) in [5, 5.41) is 18.5. The van der Waals surface area contributed by atoms with Crippen LogP contribution in [0.25, 0.3) is 0 Å².